The van der Waals surface area contributed by atoms with Gasteiger partial charge in [0.15, 0.2) is 5.78 Å². The number of hydrogen-bond donors (Lipinski definition) is 4. The van der Waals surface area contributed by atoms with Crippen LogP contribution in [0.3, 0.4) is 0 Å². The Hall–Kier alpha value is -5.03. The number of carboxylic acids is 1. The zero-order chi connectivity index (χ0) is 31.5. The number of hydrogen-bond acceptors (Lipinski definition) is 7. The molecule has 0 saturated carbocycles. The molecule has 1 heterocycles. The summed E-state index contributed by atoms with van der Waals surface area (Å²) in [5, 5.41) is 17.1. The Kier molecular flexibility index (Phi) is 10.8. The number of ketones is 1. The van der Waals surface area contributed by atoms with Gasteiger partial charge in [-0.2, -0.15) is 0 Å². The average Bonchev–Trinajstić information content (AvgIpc) is 3.78. The van der Waals surface area contributed by atoms with Crippen LogP contribution >= 0.6 is 0 Å². The van der Waals surface area contributed by atoms with Gasteiger partial charge in [0.25, 0.3) is 0 Å². The Morgan fingerprint density at radius 1 is 0.727 bits per heavy atom. The molecule has 4 atom stereocenters. The molecule has 230 valence electrons. The van der Waals surface area contributed by atoms with Crippen molar-refractivity contribution in [3.63, 3.8) is 0 Å². The normalized spacial score (nSPS) is 17.3. The number of alkyl carbamates (subject to hydrolysis) is 1. The topological polar surface area (TPSA) is 163 Å². The second kappa shape index (κ2) is 14.9. The van der Waals surface area contributed by atoms with E-state index in [0.717, 1.165) is 5.56 Å². The Balaban J connectivity index is 1.50. The summed E-state index contributed by atoms with van der Waals surface area (Å²) in [6.07, 6.45) is -1.51. The highest BCUT2D eigenvalue weighted by molar-refractivity contribution is 5.99. The fourth-order valence-corrected chi connectivity index (χ4v) is 4.57. The van der Waals surface area contributed by atoms with Crippen LogP contribution < -0.4 is 16.0 Å². The largest absolute Gasteiger partial charge is 0.481 e. The number of nitrogens with one attached hydrogen (secondary N) is 3. The zero-order valence-corrected chi connectivity index (χ0v) is 24.2. The smallest absolute Gasteiger partial charge is 0.408 e. The highest BCUT2D eigenvalue weighted by Gasteiger charge is 2.50. The van der Waals surface area contributed by atoms with Gasteiger partial charge in [-0.15, -0.1) is 0 Å². The maximum Gasteiger partial charge on any atom is 0.408 e. The quantitative estimate of drug-likeness (QED) is 0.193. The molecule has 0 radical (unpaired) electrons. The van der Waals surface area contributed by atoms with Crippen molar-refractivity contribution in [2.75, 3.05) is 6.61 Å². The van der Waals surface area contributed by atoms with Gasteiger partial charge >= 0.3 is 12.1 Å². The predicted octanol–water partition coefficient (Wildman–Crippen LogP) is 2.57. The zero-order valence-electron chi connectivity index (χ0n) is 24.2. The number of ether oxygens (including phenoxy) is 2. The van der Waals surface area contributed by atoms with Crippen LogP contribution in [0.25, 0.3) is 0 Å². The summed E-state index contributed by atoms with van der Waals surface area (Å²) < 4.78 is 10.5. The Morgan fingerprint density at radius 2 is 1.18 bits per heavy atom. The molecule has 1 unspecified atom stereocenters. The molecular formula is C33H35N3O8. The van der Waals surface area contributed by atoms with E-state index in [9.17, 15) is 29.1 Å². The molecule has 11 nitrogen and oxygen atoms in total. The summed E-state index contributed by atoms with van der Waals surface area (Å²) >= 11 is 0. The van der Waals surface area contributed by atoms with Gasteiger partial charge in [0.2, 0.25) is 11.8 Å². The first-order valence-corrected chi connectivity index (χ1v) is 14.2. The number of amides is 3. The van der Waals surface area contributed by atoms with E-state index < -0.39 is 54.0 Å². The highest BCUT2D eigenvalue weighted by atomic mass is 16.6. The van der Waals surface area contributed by atoms with E-state index in [4.69, 9.17) is 9.47 Å². The summed E-state index contributed by atoms with van der Waals surface area (Å²) in [6.45, 7) is 1.80. The highest BCUT2D eigenvalue weighted by Crippen LogP contribution is 2.29. The Morgan fingerprint density at radius 3 is 1.68 bits per heavy atom. The molecule has 4 rings (SSSR count). The molecule has 1 saturated heterocycles. The number of benzene rings is 3. The van der Waals surface area contributed by atoms with Crippen molar-refractivity contribution in [3.05, 3.63) is 108 Å². The van der Waals surface area contributed by atoms with E-state index in [-0.39, 0.29) is 31.8 Å². The lowest BCUT2D eigenvalue weighted by Crippen LogP contribution is -2.57. The third kappa shape index (κ3) is 9.50. The molecule has 1 aliphatic heterocycles. The number of epoxide rings is 1. The van der Waals surface area contributed by atoms with Gasteiger partial charge in [-0.25, -0.2) is 4.79 Å². The van der Waals surface area contributed by atoms with Gasteiger partial charge in [-0.3, -0.25) is 19.2 Å². The van der Waals surface area contributed by atoms with Crippen LogP contribution in [0.4, 0.5) is 4.79 Å². The van der Waals surface area contributed by atoms with Gasteiger partial charge in [0.1, 0.15) is 24.3 Å². The second-order valence-electron chi connectivity index (χ2n) is 10.7. The first kappa shape index (κ1) is 31.9. The SMILES string of the molecule is C[C@]1(C(=O)[C@H](Cc2ccccc2)NC(=O)C(Cc2ccccc2)NC(=O)[C@H](CC(=O)O)NC(=O)OCc2ccccc2)CO1. The molecule has 3 amide bonds. The molecule has 44 heavy (non-hydrogen) atoms. The fourth-order valence-electron chi connectivity index (χ4n) is 4.57. The van der Waals surface area contributed by atoms with Crippen LogP contribution in [0.2, 0.25) is 0 Å². The lowest BCUT2D eigenvalue weighted by Gasteiger charge is -2.25. The van der Waals surface area contributed by atoms with Crippen molar-refractivity contribution in [2.45, 2.75) is 56.5 Å². The number of carboxylic acid groups (broad SMARTS) is 1. The number of Topliss-reactive ketones (excluding diaryl/α,β-unsaturated/α-hetero) is 1. The van der Waals surface area contributed by atoms with Crippen molar-refractivity contribution in [3.8, 4) is 0 Å². The lowest BCUT2D eigenvalue weighted by molar-refractivity contribution is -0.140. The van der Waals surface area contributed by atoms with Crippen molar-refractivity contribution < 1.29 is 38.6 Å². The number of carbonyl (C=O) groups excluding carboxylic acids is 4. The molecule has 1 fully saturated rings. The number of aliphatic carboxylic acids is 1. The van der Waals surface area contributed by atoms with Crippen LogP contribution in [0.1, 0.15) is 30.0 Å². The monoisotopic (exact) mass is 601 g/mol. The molecule has 0 spiro atoms. The Bertz CT molecular complexity index is 1450. The summed E-state index contributed by atoms with van der Waals surface area (Å²) in [6, 6.07) is 23.2. The van der Waals surface area contributed by atoms with Crippen LogP contribution in [0.5, 0.6) is 0 Å². The first-order valence-electron chi connectivity index (χ1n) is 14.2. The van der Waals surface area contributed by atoms with Crippen LogP contribution in [-0.2, 0) is 48.1 Å². The van der Waals surface area contributed by atoms with Gasteiger partial charge in [0, 0.05) is 6.42 Å². The molecule has 0 aromatic heterocycles. The second-order valence-corrected chi connectivity index (χ2v) is 10.7. The third-order valence-electron chi connectivity index (χ3n) is 7.13. The van der Waals surface area contributed by atoms with E-state index in [1.807, 2.05) is 30.3 Å². The minimum Gasteiger partial charge on any atom is -0.481 e. The van der Waals surface area contributed by atoms with Gasteiger partial charge in [-0.1, -0.05) is 91.0 Å². The summed E-state index contributed by atoms with van der Waals surface area (Å²) in [4.78, 5) is 64.5. The lowest BCUT2D eigenvalue weighted by atomic mass is 9.94. The molecule has 0 bridgehead atoms. The molecular weight excluding hydrogens is 566 g/mol. The predicted molar refractivity (Wildman–Crippen MR) is 159 cm³/mol. The van der Waals surface area contributed by atoms with Crippen LogP contribution in [-0.4, -0.2) is 65.1 Å². The van der Waals surface area contributed by atoms with Gasteiger partial charge < -0.3 is 30.5 Å². The summed E-state index contributed by atoms with van der Waals surface area (Å²) in [5.74, 6) is -3.19. The van der Waals surface area contributed by atoms with Crippen molar-refractivity contribution in [1.82, 2.24) is 16.0 Å². The van der Waals surface area contributed by atoms with Crippen molar-refractivity contribution in [1.29, 1.82) is 0 Å². The minimum atomic E-state index is -1.54. The van der Waals surface area contributed by atoms with Crippen LogP contribution in [0.15, 0.2) is 91.0 Å². The average molecular weight is 602 g/mol. The van der Waals surface area contributed by atoms with Gasteiger partial charge in [-0.05, 0) is 30.0 Å². The molecule has 0 aliphatic carbocycles. The van der Waals surface area contributed by atoms with Crippen molar-refractivity contribution in [2.24, 2.45) is 0 Å². The molecule has 4 N–H and O–H groups in total. The molecule has 3 aromatic rings. The number of carbonyl (C=O) groups is 5. The maximum absolute atomic E-state index is 13.7. The van der Waals surface area contributed by atoms with Crippen LogP contribution in [0, 0.1) is 0 Å². The van der Waals surface area contributed by atoms with E-state index in [1.54, 1.807) is 67.6 Å². The standard InChI is InChI=1S/C33H35N3O8/c1-33(21-44-33)29(39)25(17-22-11-5-2-6-12-22)34-30(40)26(18-23-13-7-3-8-14-23)35-31(41)27(19-28(37)38)36-32(42)43-20-24-15-9-4-10-16-24/h2-16,25-27H,17-21H2,1H3,(H,34,40)(H,35,41)(H,36,42)(H,37,38)/t25-,26?,27-,33+/m0/s1. The van der Waals surface area contributed by atoms with Crippen molar-refractivity contribution >= 4 is 29.7 Å². The van der Waals surface area contributed by atoms with E-state index in [2.05, 4.69) is 16.0 Å². The van der Waals surface area contributed by atoms with E-state index in [0.29, 0.717) is 11.1 Å². The number of rotatable bonds is 15. The minimum absolute atomic E-state index is 0.0384. The Labute approximate surface area is 254 Å². The summed E-state index contributed by atoms with van der Waals surface area (Å²) in [5.41, 5.74) is 1.22. The van der Waals surface area contributed by atoms with E-state index >= 15 is 0 Å². The summed E-state index contributed by atoms with van der Waals surface area (Å²) in [7, 11) is 0. The molecule has 1 aliphatic rings. The van der Waals surface area contributed by atoms with E-state index in [1.165, 1.54) is 0 Å². The third-order valence-corrected chi connectivity index (χ3v) is 7.13. The van der Waals surface area contributed by atoms with Gasteiger partial charge in [0.05, 0.1) is 19.1 Å². The first-order chi connectivity index (χ1) is 21.1. The molecule has 11 heteroatoms. The maximum atomic E-state index is 13.7. The fraction of sp³-hybridized carbons (Fsp3) is 0.303. The molecule has 3 aromatic carbocycles.